The van der Waals surface area contributed by atoms with Crippen molar-refractivity contribution in [2.75, 3.05) is 14.2 Å². The first-order valence-electron chi connectivity index (χ1n) is 6.25. The van der Waals surface area contributed by atoms with E-state index in [1.54, 1.807) is 14.2 Å². The van der Waals surface area contributed by atoms with Crippen LogP contribution in [0.15, 0.2) is 42.5 Å². The number of hydrogen-bond donors (Lipinski definition) is 0. The molecule has 0 saturated carbocycles. The Balaban J connectivity index is 2.24. The Hall–Kier alpha value is -1.38. The lowest BCUT2D eigenvalue weighted by Crippen LogP contribution is -2.01. The predicted octanol–water partition coefficient (Wildman–Crippen LogP) is 4.88. The van der Waals surface area contributed by atoms with E-state index in [0.717, 1.165) is 16.1 Å². The van der Waals surface area contributed by atoms with Gasteiger partial charge in [0, 0.05) is 10.6 Å². The number of ether oxygens (including phenoxy) is 2. The van der Waals surface area contributed by atoms with Gasteiger partial charge in [0.05, 0.1) is 19.6 Å². The van der Waals surface area contributed by atoms with Crippen molar-refractivity contribution in [3.8, 4) is 11.5 Å². The van der Waals surface area contributed by atoms with E-state index in [-0.39, 0.29) is 5.38 Å². The highest BCUT2D eigenvalue weighted by molar-refractivity contribution is 6.30. The van der Waals surface area contributed by atoms with Crippen molar-refractivity contribution < 1.29 is 9.47 Å². The molecule has 0 aliphatic carbocycles. The van der Waals surface area contributed by atoms with Crippen LogP contribution in [-0.2, 0) is 6.42 Å². The van der Waals surface area contributed by atoms with Crippen LogP contribution in [0.2, 0.25) is 5.02 Å². The standard InChI is InChI=1S/C16H16Cl2O2/c1-19-15-5-3-4-13(16(15)20-2)14(18)10-11-6-8-12(17)9-7-11/h3-9,14H,10H2,1-2H3. The summed E-state index contributed by atoms with van der Waals surface area (Å²) in [6, 6.07) is 13.4. The molecule has 0 spiro atoms. The molecule has 1 unspecified atom stereocenters. The number of alkyl halides is 1. The highest BCUT2D eigenvalue weighted by Gasteiger charge is 2.17. The molecule has 2 rings (SSSR count). The Morgan fingerprint density at radius 3 is 2.30 bits per heavy atom. The molecule has 0 aliphatic heterocycles. The van der Waals surface area contributed by atoms with Gasteiger partial charge in [-0.2, -0.15) is 0 Å². The van der Waals surface area contributed by atoms with Gasteiger partial charge in [0.2, 0.25) is 0 Å². The minimum atomic E-state index is -0.193. The molecular weight excluding hydrogens is 295 g/mol. The van der Waals surface area contributed by atoms with Crippen LogP contribution in [0.3, 0.4) is 0 Å². The molecule has 2 nitrogen and oxygen atoms in total. The van der Waals surface area contributed by atoms with Crippen molar-refractivity contribution in [2.45, 2.75) is 11.8 Å². The topological polar surface area (TPSA) is 18.5 Å². The fraction of sp³-hybridized carbons (Fsp3) is 0.250. The summed E-state index contributed by atoms with van der Waals surface area (Å²) < 4.78 is 10.7. The third-order valence-electron chi connectivity index (χ3n) is 3.10. The zero-order chi connectivity index (χ0) is 14.5. The zero-order valence-electron chi connectivity index (χ0n) is 11.4. The summed E-state index contributed by atoms with van der Waals surface area (Å²) >= 11 is 12.4. The Morgan fingerprint density at radius 2 is 1.70 bits per heavy atom. The molecule has 0 saturated heterocycles. The molecule has 106 valence electrons. The number of hydrogen-bond acceptors (Lipinski definition) is 2. The number of para-hydroxylation sites is 1. The zero-order valence-corrected chi connectivity index (χ0v) is 12.9. The molecule has 0 fully saturated rings. The molecule has 20 heavy (non-hydrogen) atoms. The monoisotopic (exact) mass is 310 g/mol. The molecule has 2 aromatic rings. The number of benzene rings is 2. The first-order valence-corrected chi connectivity index (χ1v) is 7.06. The van der Waals surface area contributed by atoms with Crippen LogP contribution in [0, 0.1) is 0 Å². The lowest BCUT2D eigenvalue weighted by molar-refractivity contribution is 0.351. The molecule has 2 aromatic carbocycles. The molecular formula is C16H16Cl2O2. The molecule has 0 aliphatic rings. The second kappa shape index (κ2) is 6.87. The lowest BCUT2D eigenvalue weighted by atomic mass is 10.0. The number of rotatable bonds is 5. The normalized spacial score (nSPS) is 12.0. The van der Waals surface area contributed by atoms with Gasteiger partial charge >= 0.3 is 0 Å². The van der Waals surface area contributed by atoms with Gasteiger partial charge in [0.15, 0.2) is 11.5 Å². The summed E-state index contributed by atoms with van der Waals surface area (Å²) in [6.45, 7) is 0. The van der Waals surface area contributed by atoms with Crippen molar-refractivity contribution in [3.05, 3.63) is 58.6 Å². The minimum Gasteiger partial charge on any atom is -0.493 e. The van der Waals surface area contributed by atoms with Gasteiger partial charge in [-0.3, -0.25) is 0 Å². The fourth-order valence-corrected chi connectivity index (χ4v) is 2.57. The van der Waals surface area contributed by atoms with Crippen LogP contribution in [0.4, 0.5) is 0 Å². The quantitative estimate of drug-likeness (QED) is 0.733. The first-order chi connectivity index (χ1) is 9.65. The summed E-state index contributed by atoms with van der Waals surface area (Å²) in [5.41, 5.74) is 2.04. The van der Waals surface area contributed by atoms with Gasteiger partial charge in [-0.15, -0.1) is 11.6 Å². The third-order valence-corrected chi connectivity index (χ3v) is 3.74. The Labute approximate surface area is 129 Å². The van der Waals surface area contributed by atoms with E-state index in [1.807, 2.05) is 42.5 Å². The van der Waals surface area contributed by atoms with Crippen molar-refractivity contribution in [2.24, 2.45) is 0 Å². The summed E-state index contributed by atoms with van der Waals surface area (Å²) in [6.07, 6.45) is 0.697. The molecule has 0 bridgehead atoms. The first kappa shape index (κ1) is 15.0. The van der Waals surface area contributed by atoms with Gasteiger partial charge in [0.1, 0.15) is 0 Å². The summed E-state index contributed by atoms with van der Waals surface area (Å²) in [4.78, 5) is 0. The Bertz CT molecular complexity index is 567. The maximum Gasteiger partial charge on any atom is 0.165 e. The maximum atomic E-state index is 6.52. The van der Waals surface area contributed by atoms with E-state index < -0.39 is 0 Å². The largest absolute Gasteiger partial charge is 0.493 e. The molecule has 0 amide bonds. The highest BCUT2D eigenvalue weighted by Crippen LogP contribution is 2.38. The molecule has 1 atom stereocenters. The fourth-order valence-electron chi connectivity index (χ4n) is 2.10. The molecule has 0 N–H and O–H groups in total. The van der Waals surface area contributed by atoms with Crippen molar-refractivity contribution in [1.82, 2.24) is 0 Å². The summed E-state index contributed by atoms with van der Waals surface area (Å²) in [5, 5.41) is 0.528. The minimum absolute atomic E-state index is 0.193. The van der Waals surface area contributed by atoms with E-state index in [0.29, 0.717) is 17.9 Å². The van der Waals surface area contributed by atoms with Crippen LogP contribution in [0.25, 0.3) is 0 Å². The second-order valence-corrected chi connectivity index (χ2v) is 5.34. The van der Waals surface area contributed by atoms with Gasteiger partial charge in [-0.1, -0.05) is 35.9 Å². The second-order valence-electron chi connectivity index (χ2n) is 4.38. The van der Waals surface area contributed by atoms with Crippen molar-refractivity contribution >= 4 is 23.2 Å². The number of halogens is 2. The van der Waals surface area contributed by atoms with Gasteiger partial charge in [-0.25, -0.2) is 0 Å². The van der Waals surface area contributed by atoms with Crippen molar-refractivity contribution in [1.29, 1.82) is 0 Å². The summed E-state index contributed by atoms with van der Waals surface area (Å²) in [5.74, 6) is 1.37. The van der Waals surface area contributed by atoms with Crippen LogP contribution in [-0.4, -0.2) is 14.2 Å². The number of methoxy groups -OCH3 is 2. The molecule has 4 heteroatoms. The molecule has 0 radical (unpaired) electrons. The van der Waals surface area contributed by atoms with E-state index in [4.69, 9.17) is 32.7 Å². The molecule has 0 aromatic heterocycles. The Kier molecular flexibility index (Phi) is 5.16. The average Bonchev–Trinajstić information content (AvgIpc) is 2.48. The van der Waals surface area contributed by atoms with E-state index in [1.165, 1.54) is 0 Å². The van der Waals surface area contributed by atoms with Crippen LogP contribution in [0.5, 0.6) is 11.5 Å². The Morgan fingerprint density at radius 1 is 1.00 bits per heavy atom. The SMILES string of the molecule is COc1cccc(C(Cl)Cc2ccc(Cl)cc2)c1OC. The van der Waals surface area contributed by atoms with E-state index in [2.05, 4.69) is 0 Å². The van der Waals surface area contributed by atoms with Crippen molar-refractivity contribution in [3.63, 3.8) is 0 Å². The maximum absolute atomic E-state index is 6.52. The summed E-state index contributed by atoms with van der Waals surface area (Å²) in [7, 11) is 3.23. The highest BCUT2D eigenvalue weighted by atomic mass is 35.5. The van der Waals surface area contributed by atoms with Crippen LogP contribution < -0.4 is 9.47 Å². The lowest BCUT2D eigenvalue weighted by Gasteiger charge is -2.16. The predicted molar refractivity (Wildman–Crippen MR) is 83.3 cm³/mol. The van der Waals surface area contributed by atoms with Gasteiger partial charge in [-0.05, 0) is 30.2 Å². The van der Waals surface area contributed by atoms with Gasteiger partial charge in [0.25, 0.3) is 0 Å². The smallest absolute Gasteiger partial charge is 0.165 e. The molecule has 0 heterocycles. The third kappa shape index (κ3) is 3.38. The van der Waals surface area contributed by atoms with Crippen LogP contribution >= 0.6 is 23.2 Å². The van der Waals surface area contributed by atoms with Gasteiger partial charge < -0.3 is 9.47 Å². The average molecular weight is 311 g/mol. The van der Waals surface area contributed by atoms with E-state index in [9.17, 15) is 0 Å². The van der Waals surface area contributed by atoms with Crippen LogP contribution in [0.1, 0.15) is 16.5 Å². The van der Waals surface area contributed by atoms with E-state index >= 15 is 0 Å².